The molecule has 1 saturated heterocycles. The molecule has 2 heterocycles. The van der Waals surface area contributed by atoms with E-state index >= 15 is 0 Å². The summed E-state index contributed by atoms with van der Waals surface area (Å²) in [4.78, 5) is 15.0. The first-order valence-corrected chi connectivity index (χ1v) is 10.7. The average Bonchev–Trinajstić information content (AvgIpc) is 3.28. The SMILES string of the molecule is CCOC(=O)N1CCC(c2ccccc2)(c2nnn(Cc3ccccc3C(F)(F)F)n2)CC1. The van der Waals surface area contributed by atoms with E-state index in [4.69, 9.17) is 4.74 Å². The molecular weight excluding hydrogens is 435 g/mol. The van der Waals surface area contributed by atoms with Crippen molar-refractivity contribution >= 4 is 6.09 Å². The third-order valence-electron chi connectivity index (χ3n) is 5.98. The van der Waals surface area contributed by atoms with E-state index < -0.39 is 17.2 Å². The first kappa shape index (κ1) is 22.8. The largest absolute Gasteiger partial charge is 0.450 e. The highest BCUT2D eigenvalue weighted by Crippen LogP contribution is 2.40. The lowest BCUT2D eigenvalue weighted by Crippen LogP contribution is -2.46. The molecule has 1 fully saturated rings. The molecule has 3 aromatic rings. The Hall–Kier alpha value is -3.43. The van der Waals surface area contributed by atoms with Crippen LogP contribution in [0.2, 0.25) is 0 Å². The van der Waals surface area contributed by atoms with E-state index in [0.29, 0.717) is 38.4 Å². The average molecular weight is 459 g/mol. The zero-order chi connectivity index (χ0) is 23.5. The fraction of sp³-hybridized carbons (Fsp3) is 0.391. The summed E-state index contributed by atoms with van der Waals surface area (Å²) in [5.41, 5.74) is -0.278. The molecule has 0 saturated carbocycles. The van der Waals surface area contributed by atoms with Crippen LogP contribution in [0.25, 0.3) is 0 Å². The van der Waals surface area contributed by atoms with E-state index in [1.165, 1.54) is 16.9 Å². The Bertz CT molecular complexity index is 1090. The molecule has 0 bridgehead atoms. The third-order valence-corrected chi connectivity index (χ3v) is 5.98. The lowest BCUT2D eigenvalue weighted by Gasteiger charge is -2.39. The summed E-state index contributed by atoms with van der Waals surface area (Å²) in [6.07, 6.45) is -3.74. The second-order valence-electron chi connectivity index (χ2n) is 7.93. The zero-order valence-corrected chi connectivity index (χ0v) is 18.1. The van der Waals surface area contributed by atoms with Crippen LogP contribution < -0.4 is 0 Å². The number of carbonyl (C=O) groups is 1. The minimum Gasteiger partial charge on any atom is -0.450 e. The van der Waals surface area contributed by atoms with Gasteiger partial charge < -0.3 is 9.64 Å². The van der Waals surface area contributed by atoms with E-state index in [0.717, 1.165) is 11.6 Å². The molecule has 10 heteroatoms. The Balaban J connectivity index is 1.63. The van der Waals surface area contributed by atoms with Crippen molar-refractivity contribution in [3.8, 4) is 0 Å². The molecular formula is C23H24F3N5O2. The number of halogens is 3. The van der Waals surface area contributed by atoms with E-state index in [1.54, 1.807) is 17.9 Å². The predicted octanol–water partition coefficient (Wildman–Crippen LogP) is 4.28. The summed E-state index contributed by atoms with van der Waals surface area (Å²) in [7, 11) is 0. The van der Waals surface area contributed by atoms with Crippen LogP contribution in [0.3, 0.4) is 0 Å². The van der Waals surface area contributed by atoms with Gasteiger partial charge in [0, 0.05) is 13.1 Å². The first-order valence-electron chi connectivity index (χ1n) is 10.7. The van der Waals surface area contributed by atoms with Crippen LogP contribution in [-0.4, -0.2) is 50.9 Å². The summed E-state index contributed by atoms with van der Waals surface area (Å²) < 4.78 is 45.3. The van der Waals surface area contributed by atoms with Gasteiger partial charge >= 0.3 is 12.3 Å². The molecule has 4 rings (SSSR count). The molecule has 0 atom stereocenters. The van der Waals surface area contributed by atoms with Gasteiger partial charge in [0.1, 0.15) is 0 Å². The zero-order valence-electron chi connectivity index (χ0n) is 18.1. The van der Waals surface area contributed by atoms with Crippen LogP contribution in [0.1, 0.15) is 42.3 Å². The van der Waals surface area contributed by atoms with Crippen molar-refractivity contribution in [1.82, 2.24) is 25.1 Å². The summed E-state index contributed by atoms with van der Waals surface area (Å²) in [6, 6.07) is 15.0. The monoisotopic (exact) mass is 459 g/mol. The topological polar surface area (TPSA) is 73.1 Å². The highest BCUT2D eigenvalue weighted by molar-refractivity contribution is 5.67. The number of benzene rings is 2. The lowest BCUT2D eigenvalue weighted by molar-refractivity contribution is -0.138. The van der Waals surface area contributed by atoms with Crippen molar-refractivity contribution < 1.29 is 22.7 Å². The van der Waals surface area contributed by atoms with E-state index in [-0.39, 0.29) is 18.2 Å². The van der Waals surface area contributed by atoms with Gasteiger partial charge in [-0.2, -0.15) is 18.0 Å². The number of piperidine rings is 1. The minimum absolute atomic E-state index is 0.0693. The molecule has 33 heavy (non-hydrogen) atoms. The van der Waals surface area contributed by atoms with Gasteiger partial charge in [-0.05, 0) is 42.2 Å². The lowest BCUT2D eigenvalue weighted by atomic mass is 9.72. The number of hydrogen-bond acceptors (Lipinski definition) is 5. The second-order valence-corrected chi connectivity index (χ2v) is 7.93. The maximum Gasteiger partial charge on any atom is 0.416 e. The van der Waals surface area contributed by atoms with Crippen LogP contribution in [0, 0.1) is 0 Å². The number of likely N-dealkylation sites (tertiary alicyclic amines) is 1. The van der Waals surface area contributed by atoms with Gasteiger partial charge in [-0.3, -0.25) is 0 Å². The Morgan fingerprint density at radius 3 is 2.39 bits per heavy atom. The number of carbonyl (C=O) groups excluding carboxylic acids is 1. The molecule has 0 unspecified atom stereocenters. The summed E-state index contributed by atoms with van der Waals surface area (Å²) in [5, 5.41) is 12.8. The Morgan fingerprint density at radius 2 is 1.73 bits per heavy atom. The minimum atomic E-state index is -4.47. The normalized spacial score (nSPS) is 15.9. The molecule has 1 aromatic heterocycles. The van der Waals surface area contributed by atoms with Gasteiger partial charge in [-0.15, -0.1) is 10.2 Å². The predicted molar refractivity (Wildman–Crippen MR) is 113 cm³/mol. The Labute approximate surface area is 189 Å². The van der Waals surface area contributed by atoms with Crippen LogP contribution in [0.4, 0.5) is 18.0 Å². The number of alkyl halides is 3. The van der Waals surface area contributed by atoms with Gasteiger partial charge in [0.25, 0.3) is 0 Å². The molecule has 7 nitrogen and oxygen atoms in total. The van der Waals surface area contributed by atoms with Crippen molar-refractivity contribution in [3.05, 3.63) is 77.1 Å². The summed E-state index contributed by atoms with van der Waals surface area (Å²) in [5.74, 6) is 0.432. The van der Waals surface area contributed by atoms with Crippen molar-refractivity contribution in [2.75, 3.05) is 19.7 Å². The van der Waals surface area contributed by atoms with Crippen LogP contribution >= 0.6 is 0 Å². The van der Waals surface area contributed by atoms with Gasteiger partial charge in [-0.1, -0.05) is 48.5 Å². The molecule has 1 aliphatic rings. The molecule has 0 radical (unpaired) electrons. The molecule has 0 N–H and O–H groups in total. The van der Waals surface area contributed by atoms with E-state index in [2.05, 4.69) is 15.4 Å². The Kier molecular flexibility index (Phi) is 6.35. The number of rotatable bonds is 5. The van der Waals surface area contributed by atoms with E-state index in [9.17, 15) is 18.0 Å². The standard InChI is InChI=1S/C23H24F3N5O2/c1-2-33-21(32)30-14-12-22(13-15-30,18-9-4-3-5-10-18)20-27-29-31(28-20)16-17-8-6-7-11-19(17)23(24,25)26/h3-11H,2,12-16H2,1H3. The Morgan fingerprint density at radius 1 is 1.06 bits per heavy atom. The van der Waals surface area contributed by atoms with E-state index in [1.807, 2.05) is 30.3 Å². The van der Waals surface area contributed by atoms with Crippen LogP contribution in [-0.2, 0) is 22.9 Å². The number of hydrogen-bond donors (Lipinski definition) is 0. The third kappa shape index (κ3) is 4.69. The number of nitrogens with zero attached hydrogens (tertiary/aromatic N) is 5. The van der Waals surface area contributed by atoms with Crippen LogP contribution in [0.15, 0.2) is 54.6 Å². The molecule has 174 valence electrons. The highest BCUT2D eigenvalue weighted by atomic mass is 19.4. The van der Waals surface area contributed by atoms with Gasteiger partial charge in [0.05, 0.1) is 24.1 Å². The van der Waals surface area contributed by atoms with Gasteiger partial charge in [0.15, 0.2) is 5.82 Å². The quantitative estimate of drug-likeness (QED) is 0.570. The van der Waals surface area contributed by atoms with Crippen molar-refractivity contribution in [2.24, 2.45) is 0 Å². The maximum absolute atomic E-state index is 13.4. The number of aromatic nitrogens is 4. The van der Waals surface area contributed by atoms with Gasteiger partial charge in [-0.25, -0.2) is 4.79 Å². The maximum atomic E-state index is 13.4. The van der Waals surface area contributed by atoms with Crippen molar-refractivity contribution in [2.45, 2.75) is 37.9 Å². The molecule has 2 aromatic carbocycles. The molecule has 1 aliphatic heterocycles. The van der Waals surface area contributed by atoms with Crippen molar-refractivity contribution in [3.63, 3.8) is 0 Å². The summed E-state index contributed by atoms with van der Waals surface area (Å²) in [6.45, 7) is 2.80. The van der Waals surface area contributed by atoms with Gasteiger partial charge in [0.2, 0.25) is 0 Å². The number of tetrazole rings is 1. The molecule has 0 spiro atoms. The molecule has 1 amide bonds. The number of amides is 1. The second kappa shape index (κ2) is 9.21. The smallest absolute Gasteiger partial charge is 0.416 e. The highest BCUT2D eigenvalue weighted by Gasteiger charge is 2.43. The fourth-order valence-electron chi connectivity index (χ4n) is 4.27. The van der Waals surface area contributed by atoms with Crippen molar-refractivity contribution in [1.29, 1.82) is 0 Å². The number of ether oxygens (including phenoxy) is 1. The first-order chi connectivity index (χ1) is 15.8. The molecule has 0 aliphatic carbocycles. The summed E-state index contributed by atoms with van der Waals surface area (Å²) >= 11 is 0. The fourth-order valence-corrected chi connectivity index (χ4v) is 4.27. The van der Waals surface area contributed by atoms with Crippen LogP contribution in [0.5, 0.6) is 0 Å².